The zero-order chi connectivity index (χ0) is 10.2. The van der Waals surface area contributed by atoms with Crippen molar-refractivity contribution in [3.63, 3.8) is 0 Å². The van der Waals surface area contributed by atoms with Gasteiger partial charge in [-0.1, -0.05) is 18.2 Å². The maximum atomic E-state index is 9.19. The molecule has 0 aliphatic carbocycles. The first-order valence-electron chi connectivity index (χ1n) is 4.69. The van der Waals surface area contributed by atoms with E-state index in [-0.39, 0.29) is 12.7 Å². The van der Waals surface area contributed by atoms with E-state index in [2.05, 4.69) is 0 Å². The van der Waals surface area contributed by atoms with Gasteiger partial charge >= 0.3 is 0 Å². The molecule has 0 fully saturated rings. The minimum atomic E-state index is -0.665. The third-order valence-corrected chi connectivity index (χ3v) is 2.21. The largest absolute Gasteiger partial charge is 0.463 e. The summed E-state index contributed by atoms with van der Waals surface area (Å²) in [5, 5.41) is 9.19. The molecule has 1 heterocycles. The Balaban J connectivity index is 2.41. The zero-order valence-electron chi connectivity index (χ0n) is 8.36. The molecule has 3 nitrogen and oxygen atoms in total. The number of para-hydroxylation sites is 1. The normalized spacial score (nSPS) is 23.8. The third-order valence-electron chi connectivity index (χ3n) is 2.21. The lowest BCUT2D eigenvalue weighted by Crippen LogP contribution is -2.38. The maximum absolute atomic E-state index is 9.19. The lowest BCUT2D eigenvalue weighted by molar-refractivity contribution is -0.214. The molecule has 0 spiro atoms. The van der Waals surface area contributed by atoms with Gasteiger partial charge in [-0.2, -0.15) is 0 Å². The van der Waals surface area contributed by atoms with Crippen LogP contribution in [-0.2, 0) is 4.74 Å². The van der Waals surface area contributed by atoms with Gasteiger partial charge < -0.3 is 14.6 Å². The van der Waals surface area contributed by atoms with E-state index in [1.54, 1.807) is 0 Å². The van der Waals surface area contributed by atoms with E-state index in [0.717, 1.165) is 11.3 Å². The number of benzene rings is 1. The van der Waals surface area contributed by atoms with E-state index in [9.17, 15) is 5.11 Å². The van der Waals surface area contributed by atoms with Crippen LogP contribution in [0.15, 0.2) is 24.3 Å². The van der Waals surface area contributed by atoms with Crippen LogP contribution in [0, 0.1) is 0 Å². The van der Waals surface area contributed by atoms with Crippen molar-refractivity contribution in [1.82, 2.24) is 0 Å². The van der Waals surface area contributed by atoms with Crippen molar-refractivity contribution in [3.8, 4) is 5.75 Å². The van der Waals surface area contributed by atoms with Gasteiger partial charge in [0.15, 0.2) is 0 Å². The molecule has 1 aliphatic rings. The molecule has 0 unspecified atom stereocenters. The standard InChI is InChI=1S/C11H14O3/c1-11(2)13-9-6-4-3-5-8(9)10(7-12)14-11/h3-6,10,12H,7H2,1-2H3/t10-/m1/s1. The Morgan fingerprint density at radius 1 is 1.36 bits per heavy atom. The minimum Gasteiger partial charge on any atom is -0.463 e. The minimum absolute atomic E-state index is 0.0240. The highest BCUT2D eigenvalue weighted by molar-refractivity contribution is 5.36. The third kappa shape index (κ3) is 1.61. The topological polar surface area (TPSA) is 38.7 Å². The molecule has 1 N–H and O–H groups in total. The smallest absolute Gasteiger partial charge is 0.205 e. The summed E-state index contributed by atoms with van der Waals surface area (Å²) in [5.41, 5.74) is 0.911. The summed E-state index contributed by atoms with van der Waals surface area (Å²) in [5.74, 6) is 0.129. The fourth-order valence-corrected chi connectivity index (χ4v) is 1.67. The Bertz CT molecular complexity index is 333. The molecular formula is C11H14O3. The summed E-state index contributed by atoms with van der Waals surface area (Å²) in [7, 11) is 0. The van der Waals surface area contributed by atoms with E-state index in [1.807, 2.05) is 38.1 Å². The second-order valence-electron chi connectivity index (χ2n) is 3.83. The molecule has 2 rings (SSSR count). The number of hydrogen-bond acceptors (Lipinski definition) is 3. The monoisotopic (exact) mass is 194 g/mol. The summed E-state index contributed by atoms with van der Waals surface area (Å²) in [6, 6.07) is 7.62. The van der Waals surface area contributed by atoms with Gasteiger partial charge in [-0.05, 0) is 6.07 Å². The quantitative estimate of drug-likeness (QED) is 0.741. The van der Waals surface area contributed by atoms with Crippen LogP contribution < -0.4 is 4.74 Å². The van der Waals surface area contributed by atoms with Crippen molar-refractivity contribution in [2.75, 3.05) is 6.61 Å². The van der Waals surface area contributed by atoms with Crippen LogP contribution in [0.4, 0.5) is 0 Å². The van der Waals surface area contributed by atoms with Gasteiger partial charge in [0.2, 0.25) is 5.79 Å². The molecular weight excluding hydrogens is 180 g/mol. The second-order valence-corrected chi connectivity index (χ2v) is 3.83. The number of rotatable bonds is 1. The molecule has 1 aromatic carbocycles. The van der Waals surface area contributed by atoms with E-state index in [0.29, 0.717) is 0 Å². The first-order valence-corrected chi connectivity index (χ1v) is 4.69. The number of aliphatic hydroxyl groups is 1. The van der Waals surface area contributed by atoms with Crippen LogP contribution in [0.25, 0.3) is 0 Å². The van der Waals surface area contributed by atoms with Crippen molar-refractivity contribution in [3.05, 3.63) is 29.8 Å². The molecule has 0 saturated carbocycles. The van der Waals surface area contributed by atoms with E-state index < -0.39 is 5.79 Å². The number of hydrogen-bond donors (Lipinski definition) is 1. The molecule has 0 amide bonds. The molecule has 14 heavy (non-hydrogen) atoms. The highest BCUT2D eigenvalue weighted by Crippen LogP contribution is 2.37. The average Bonchev–Trinajstić information content (AvgIpc) is 2.15. The van der Waals surface area contributed by atoms with E-state index in [4.69, 9.17) is 9.47 Å². The average molecular weight is 194 g/mol. The van der Waals surface area contributed by atoms with Gasteiger partial charge in [-0.3, -0.25) is 0 Å². The summed E-state index contributed by atoms with van der Waals surface area (Å²) >= 11 is 0. The molecule has 1 aromatic rings. The van der Waals surface area contributed by atoms with Crippen molar-refractivity contribution >= 4 is 0 Å². The Morgan fingerprint density at radius 3 is 2.79 bits per heavy atom. The van der Waals surface area contributed by atoms with Crippen LogP contribution in [0.1, 0.15) is 25.5 Å². The fourth-order valence-electron chi connectivity index (χ4n) is 1.67. The van der Waals surface area contributed by atoms with Crippen molar-refractivity contribution in [1.29, 1.82) is 0 Å². The van der Waals surface area contributed by atoms with Crippen molar-refractivity contribution < 1.29 is 14.6 Å². The van der Waals surface area contributed by atoms with Crippen LogP contribution >= 0.6 is 0 Å². The number of fused-ring (bicyclic) bond motifs is 1. The number of aliphatic hydroxyl groups excluding tert-OH is 1. The van der Waals surface area contributed by atoms with Crippen LogP contribution in [-0.4, -0.2) is 17.5 Å². The van der Waals surface area contributed by atoms with Gasteiger partial charge in [0, 0.05) is 19.4 Å². The van der Waals surface area contributed by atoms with Gasteiger partial charge in [0.1, 0.15) is 11.9 Å². The maximum Gasteiger partial charge on any atom is 0.205 e. The van der Waals surface area contributed by atoms with Crippen LogP contribution in [0.5, 0.6) is 5.75 Å². The zero-order valence-corrected chi connectivity index (χ0v) is 8.36. The molecule has 0 saturated heterocycles. The molecule has 3 heteroatoms. The predicted molar refractivity (Wildman–Crippen MR) is 52.1 cm³/mol. The Hall–Kier alpha value is -1.06. The highest BCUT2D eigenvalue weighted by atomic mass is 16.7. The van der Waals surface area contributed by atoms with Crippen molar-refractivity contribution in [2.45, 2.75) is 25.7 Å². The molecule has 0 bridgehead atoms. The number of ether oxygens (including phenoxy) is 2. The first-order chi connectivity index (χ1) is 6.62. The predicted octanol–water partition coefficient (Wildman–Crippen LogP) is 1.87. The molecule has 1 atom stereocenters. The van der Waals surface area contributed by atoms with E-state index in [1.165, 1.54) is 0 Å². The summed E-state index contributed by atoms with van der Waals surface area (Å²) in [6.45, 7) is 3.65. The summed E-state index contributed by atoms with van der Waals surface area (Å²) in [4.78, 5) is 0. The van der Waals surface area contributed by atoms with Crippen LogP contribution in [0.2, 0.25) is 0 Å². The summed E-state index contributed by atoms with van der Waals surface area (Å²) < 4.78 is 11.2. The lowest BCUT2D eigenvalue weighted by atomic mass is 10.1. The van der Waals surface area contributed by atoms with Crippen molar-refractivity contribution in [2.24, 2.45) is 0 Å². The SMILES string of the molecule is CC1(C)Oc2ccccc2[C@@H](CO)O1. The Labute approximate surface area is 83.3 Å². The van der Waals surface area contributed by atoms with Crippen LogP contribution in [0.3, 0.4) is 0 Å². The van der Waals surface area contributed by atoms with Gasteiger partial charge in [0.05, 0.1) is 6.61 Å². The first kappa shape index (κ1) is 9.49. The van der Waals surface area contributed by atoms with Gasteiger partial charge in [0.25, 0.3) is 0 Å². The lowest BCUT2D eigenvalue weighted by Gasteiger charge is -2.37. The van der Waals surface area contributed by atoms with E-state index >= 15 is 0 Å². The van der Waals surface area contributed by atoms with Gasteiger partial charge in [-0.25, -0.2) is 0 Å². The summed E-state index contributed by atoms with van der Waals surface area (Å²) in [6.07, 6.45) is -0.282. The Morgan fingerprint density at radius 2 is 2.07 bits per heavy atom. The fraction of sp³-hybridized carbons (Fsp3) is 0.455. The second kappa shape index (κ2) is 3.26. The molecule has 76 valence electrons. The molecule has 0 radical (unpaired) electrons. The Kier molecular flexibility index (Phi) is 2.21. The highest BCUT2D eigenvalue weighted by Gasteiger charge is 2.33. The molecule has 0 aromatic heterocycles. The van der Waals surface area contributed by atoms with Gasteiger partial charge in [-0.15, -0.1) is 0 Å². The molecule has 1 aliphatic heterocycles.